The molecule has 0 unspecified atom stereocenters. The van der Waals surface area contributed by atoms with Crippen molar-refractivity contribution in [3.63, 3.8) is 0 Å². The molecule has 0 spiro atoms. The Morgan fingerprint density at radius 3 is 2.14 bits per heavy atom. The van der Waals surface area contributed by atoms with Crippen molar-refractivity contribution in [3.8, 4) is 22.4 Å². The minimum absolute atomic E-state index is 0.937. The predicted octanol–water partition coefficient (Wildman–Crippen LogP) is 10.1. The Balaban J connectivity index is 1.39. The van der Waals surface area contributed by atoms with Crippen LogP contribution in [0.4, 0.5) is 0 Å². The SMILES string of the molecule is C[CH2][Ge]([CH2]C)([CH2]C)[c]1ccc(-c2cc[n+](C)c(-c3c(C)ccc4c3oc3cc5c(ccc6ccccc65)cc34)c2)cc1. The summed E-state index contributed by atoms with van der Waals surface area (Å²) in [6.45, 7) is 9.39. The van der Waals surface area contributed by atoms with E-state index in [9.17, 15) is 0 Å². The summed E-state index contributed by atoms with van der Waals surface area (Å²) in [7, 11) is 2.13. The molecule has 0 N–H and O–H groups in total. The summed E-state index contributed by atoms with van der Waals surface area (Å²) in [6.07, 6.45) is 2.19. The van der Waals surface area contributed by atoms with E-state index in [1.54, 1.807) is 4.40 Å². The van der Waals surface area contributed by atoms with Crippen molar-refractivity contribution in [1.29, 1.82) is 0 Å². The Kier molecular flexibility index (Phi) is 6.70. The van der Waals surface area contributed by atoms with Crippen LogP contribution in [0.2, 0.25) is 15.8 Å². The predicted molar refractivity (Wildman–Crippen MR) is 182 cm³/mol. The molecule has 42 heavy (non-hydrogen) atoms. The molecule has 2 heterocycles. The minimum atomic E-state index is -1.97. The summed E-state index contributed by atoms with van der Waals surface area (Å²) < 4.78 is 10.6. The van der Waals surface area contributed by atoms with Crippen LogP contribution in [0.5, 0.6) is 0 Å². The maximum absolute atomic E-state index is 6.76. The normalized spacial score (nSPS) is 12.2. The van der Waals surface area contributed by atoms with Crippen molar-refractivity contribution < 1.29 is 8.98 Å². The average Bonchev–Trinajstić information content (AvgIpc) is 3.39. The molecule has 5 aromatic carbocycles. The second-order valence-electron chi connectivity index (χ2n) is 11.9. The molecular weight excluding hydrogens is 571 g/mol. The Hall–Kier alpha value is -3.89. The van der Waals surface area contributed by atoms with Crippen molar-refractivity contribution in [2.75, 3.05) is 0 Å². The van der Waals surface area contributed by atoms with Gasteiger partial charge in [0.25, 0.3) is 0 Å². The summed E-state index contributed by atoms with van der Waals surface area (Å²) in [5, 5.41) is 11.4. The third-order valence-electron chi connectivity index (χ3n) is 9.98. The van der Waals surface area contributed by atoms with Crippen LogP contribution < -0.4 is 8.96 Å². The van der Waals surface area contributed by atoms with Crippen molar-refractivity contribution in [1.82, 2.24) is 0 Å². The van der Waals surface area contributed by atoms with E-state index in [2.05, 4.69) is 143 Å². The van der Waals surface area contributed by atoms with Crippen molar-refractivity contribution in [2.24, 2.45) is 7.05 Å². The summed E-state index contributed by atoms with van der Waals surface area (Å²) in [5.41, 5.74) is 7.94. The third kappa shape index (κ3) is 4.19. The molecule has 7 aromatic rings. The fraction of sp³-hybridized carbons (Fsp3) is 0.205. The van der Waals surface area contributed by atoms with Gasteiger partial charge in [-0.15, -0.1) is 0 Å². The molecule has 0 radical (unpaired) electrons. The number of benzene rings is 5. The number of rotatable bonds is 6. The molecule has 0 atom stereocenters. The van der Waals surface area contributed by atoms with E-state index in [1.807, 2.05) is 0 Å². The van der Waals surface area contributed by atoms with Crippen molar-refractivity contribution in [3.05, 3.63) is 109 Å². The number of aromatic nitrogens is 1. The van der Waals surface area contributed by atoms with Crippen LogP contribution in [0.1, 0.15) is 26.3 Å². The molecule has 0 saturated heterocycles. The zero-order valence-corrected chi connectivity index (χ0v) is 27.4. The van der Waals surface area contributed by atoms with Crippen LogP contribution in [0.15, 0.2) is 108 Å². The second kappa shape index (κ2) is 10.4. The van der Waals surface area contributed by atoms with Crippen molar-refractivity contribution in [2.45, 2.75) is 43.5 Å². The van der Waals surface area contributed by atoms with E-state index in [1.165, 1.54) is 59.4 Å². The quantitative estimate of drug-likeness (QED) is 0.104. The molecule has 0 aliphatic carbocycles. The topological polar surface area (TPSA) is 17.0 Å². The molecule has 0 bridgehead atoms. The van der Waals surface area contributed by atoms with Gasteiger partial charge in [-0.05, 0) is 21.5 Å². The molecule has 2 aromatic heterocycles. The standard InChI is InChI=1S/C39H38GeNO/c1-6-40(7-2,8-3)31-18-16-27(17-19-31)29-21-22-41(5)36(24-29)38-26(4)13-20-33-35-23-30-15-14-28-11-9-10-12-32(28)34(30)25-37(35)42-39(33)38/h9-25H,6-8H2,1-5H3/q+1. The van der Waals surface area contributed by atoms with Gasteiger partial charge in [0.2, 0.25) is 0 Å². The van der Waals surface area contributed by atoms with Gasteiger partial charge >= 0.3 is 194 Å². The number of nitrogens with zero attached hydrogens (tertiary/aromatic N) is 1. The number of hydrogen-bond acceptors (Lipinski definition) is 1. The number of fused-ring (bicyclic) bond motifs is 6. The first-order valence-corrected chi connectivity index (χ1v) is 20.8. The molecule has 2 nitrogen and oxygen atoms in total. The molecule has 0 fully saturated rings. The summed E-state index contributed by atoms with van der Waals surface area (Å²) >= 11 is -1.97. The van der Waals surface area contributed by atoms with Gasteiger partial charge in [0.1, 0.15) is 0 Å². The van der Waals surface area contributed by atoms with Crippen LogP contribution in [0.3, 0.4) is 0 Å². The van der Waals surface area contributed by atoms with Crippen LogP contribution in [-0.2, 0) is 7.05 Å². The van der Waals surface area contributed by atoms with Gasteiger partial charge in [-0.2, -0.15) is 0 Å². The van der Waals surface area contributed by atoms with E-state index in [0.717, 1.165) is 27.8 Å². The summed E-state index contributed by atoms with van der Waals surface area (Å²) in [5.74, 6) is 0. The molecule has 3 heteroatoms. The summed E-state index contributed by atoms with van der Waals surface area (Å²) in [4.78, 5) is 0. The maximum atomic E-state index is 6.76. The average molecular weight is 609 g/mol. The van der Waals surface area contributed by atoms with Crippen LogP contribution in [0.25, 0.3) is 65.9 Å². The van der Waals surface area contributed by atoms with E-state index >= 15 is 0 Å². The van der Waals surface area contributed by atoms with E-state index in [-0.39, 0.29) is 0 Å². The Bertz CT molecular complexity index is 2110. The van der Waals surface area contributed by atoms with Gasteiger partial charge in [-0.1, -0.05) is 36.4 Å². The number of pyridine rings is 1. The first-order chi connectivity index (χ1) is 20.5. The molecule has 7 rings (SSSR count). The fourth-order valence-electron chi connectivity index (χ4n) is 7.13. The van der Waals surface area contributed by atoms with Crippen LogP contribution in [-0.4, -0.2) is 13.3 Å². The Morgan fingerprint density at radius 2 is 1.38 bits per heavy atom. The molecular formula is C39H38GeNO+. The number of hydrogen-bond donors (Lipinski definition) is 0. The Morgan fingerprint density at radius 1 is 0.643 bits per heavy atom. The molecule has 208 valence electrons. The van der Waals surface area contributed by atoms with E-state index in [0.29, 0.717) is 0 Å². The van der Waals surface area contributed by atoms with Gasteiger partial charge in [0.15, 0.2) is 0 Å². The number of aryl methyl sites for hydroxylation is 2. The van der Waals surface area contributed by atoms with E-state index < -0.39 is 13.3 Å². The van der Waals surface area contributed by atoms with Gasteiger partial charge in [-0.25, -0.2) is 0 Å². The Labute approximate surface area is 251 Å². The summed E-state index contributed by atoms with van der Waals surface area (Å²) in [6, 6.07) is 36.2. The van der Waals surface area contributed by atoms with Gasteiger partial charge in [0, 0.05) is 0 Å². The molecule has 0 aliphatic rings. The van der Waals surface area contributed by atoms with Crippen molar-refractivity contribution >= 4 is 61.1 Å². The first-order valence-electron chi connectivity index (χ1n) is 15.3. The van der Waals surface area contributed by atoms with Crippen LogP contribution in [0, 0.1) is 6.92 Å². The zero-order chi connectivity index (χ0) is 29.0. The molecule has 0 aliphatic heterocycles. The third-order valence-corrected chi connectivity index (χ3v) is 21.8. The molecule has 0 amide bonds. The first kappa shape index (κ1) is 27.0. The fourth-order valence-corrected chi connectivity index (χ4v) is 14.7. The zero-order valence-electron chi connectivity index (χ0n) is 25.3. The van der Waals surface area contributed by atoms with Crippen LogP contribution >= 0.6 is 0 Å². The van der Waals surface area contributed by atoms with Gasteiger partial charge in [0.05, 0.1) is 0 Å². The monoisotopic (exact) mass is 610 g/mol. The van der Waals surface area contributed by atoms with Gasteiger partial charge < -0.3 is 0 Å². The molecule has 0 saturated carbocycles. The second-order valence-corrected chi connectivity index (χ2v) is 23.0. The van der Waals surface area contributed by atoms with Gasteiger partial charge in [-0.3, -0.25) is 0 Å². The number of furan rings is 1. The van der Waals surface area contributed by atoms with E-state index in [4.69, 9.17) is 4.42 Å².